The van der Waals surface area contributed by atoms with Crippen molar-refractivity contribution in [1.29, 1.82) is 0 Å². The normalized spacial score (nSPS) is 17.1. The summed E-state index contributed by atoms with van der Waals surface area (Å²) in [5.74, 6) is 0.0769. The maximum Gasteiger partial charge on any atom is 0.234 e. The molecule has 5 nitrogen and oxygen atoms in total. The molecule has 6 heteroatoms. The second kappa shape index (κ2) is 4.59. The maximum absolute atomic E-state index is 11.3. The van der Waals surface area contributed by atoms with Crippen LogP contribution < -0.4 is 5.32 Å². The Morgan fingerprint density at radius 1 is 1.39 bits per heavy atom. The SMILES string of the molecule is O=C1CN(Cc2cn3cc(Cl)ccc3n2)CCN1. The minimum absolute atomic E-state index is 0.0769. The highest BCUT2D eigenvalue weighted by molar-refractivity contribution is 6.30. The fourth-order valence-corrected chi connectivity index (χ4v) is 2.32. The number of nitrogens with one attached hydrogen (secondary N) is 1. The van der Waals surface area contributed by atoms with E-state index in [0.717, 1.165) is 17.9 Å². The van der Waals surface area contributed by atoms with Crippen LogP contribution in [0.25, 0.3) is 5.65 Å². The first-order valence-electron chi connectivity index (χ1n) is 5.83. The first-order valence-corrected chi connectivity index (χ1v) is 6.21. The van der Waals surface area contributed by atoms with E-state index in [9.17, 15) is 4.79 Å². The number of amides is 1. The van der Waals surface area contributed by atoms with E-state index in [2.05, 4.69) is 15.2 Å². The molecule has 3 heterocycles. The van der Waals surface area contributed by atoms with Gasteiger partial charge in [0.05, 0.1) is 17.3 Å². The second-order valence-electron chi connectivity index (χ2n) is 4.41. The molecule has 3 rings (SSSR count). The van der Waals surface area contributed by atoms with Crippen molar-refractivity contribution in [2.24, 2.45) is 0 Å². The minimum atomic E-state index is 0.0769. The van der Waals surface area contributed by atoms with Gasteiger partial charge in [-0.15, -0.1) is 0 Å². The van der Waals surface area contributed by atoms with Gasteiger partial charge in [0.15, 0.2) is 0 Å². The van der Waals surface area contributed by atoms with Gasteiger partial charge >= 0.3 is 0 Å². The average Bonchev–Trinajstić information content (AvgIpc) is 2.70. The van der Waals surface area contributed by atoms with Gasteiger partial charge in [0.25, 0.3) is 0 Å². The van der Waals surface area contributed by atoms with Crippen molar-refractivity contribution in [3.63, 3.8) is 0 Å². The molecule has 0 aromatic carbocycles. The van der Waals surface area contributed by atoms with Crippen molar-refractivity contribution in [3.05, 3.63) is 35.2 Å². The standard InChI is InChI=1S/C12H13ClN4O/c13-9-1-2-11-15-10(7-17(11)5-9)6-16-4-3-14-12(18)8-16/h1-2,5,7H,3-4,6,8H2,(H,14,18). The number of rotatable bonds is 2. The summed E-state index contributed by atoms with van der Waals surface area (Å²) in [6.45, 7) is 2.69. The molecule has 1 N–H and O–H groups in total. The molecule has 1 amide bonds. The van der Waals surface area contributed by atoms with Crippen LogP contribution in [-0.2, 0) is 11.3 Å². The van der Waals surface area contributed by atoms with Crippen molar-refractivity contribution < 1.29 is 4.79 Å². The van der Waals surface area contributed by atoms with Crippen molar-refractivity contribution in [2.45, 2.75) is 6.54 Å². The van der Waals surface area contributed by atoms with Gasteiger partial charge in [-0.2, -0.15) is 0 Å². The van der Waals surface area contributed by atoms with Crippen LogP contribution in [0.3, 0.4) is 0 Å². The number of imidazole rings is 1. The summed E-state index contributed by atoms with van der Waals surface area (Å²) >= 11 is 5.93. The largest absolute Gasteiger partial charge is 0.354 e. The molecule has 2 aromatic rings. The fourth-order valence-electron chi connectivity index (χ4n) is 2.15. The summed E-state index contributed by atoms with van der Waals surface area (Å²) in [6, 6.07) is 3.71. The first kappa shape index (κ1) is 11.5. The number of fused-ring (bicyclic) bond motifs is 1. The van der Waals surface area contributed by atoms with E-state index in [1.807, 2.05) is 28.9 Å². The Bertz CT molecular complexity index is 595. The molecular weight excluding hydrogens is 252 g/mol. The van der Waals surface area contributed by atoms with E-state index in [4.69, 9.17) is 11.6 Å². The molecule has 2 aromatic heterocycles. The lowest BCUT2D eigenvalue weighted by molar-refractivity contribution is -0.124. The molecule has 0 spiro atoms. The summed E-state index contributed by atoms with van der Waals surface area (Å²) in [5.41, 5.74) is 1.82. The highest BCUT2D eigenvalue weighted by Crippen LogP contribution is 2.13. The van der Waals surface area contributed by atoms with Crippen LogP contribution in [0, 0.1) is 0 Å². The Hall–Kier alpha value is -1.59. The van der Waals surface area contributed by atoms with Crippen molar-refractivity contribution in [2.75, 3.05) is 19.6 Å². The molecule has 18 heavy (non-hydrogen) atoms. The highest BCUT2D eigenvalue weighted by atomic mass is 35.5. The van der Waals surface area contributed by atoms with Crippen LogP contribution >= 0.6 is 11.6 Å². The van der Waals surface area contributed by atoms with Crippen LogP contribution in [0.15, 0.2) is 24.5 Å². The molecule has 1 saturated heterocycles. The zero-order valence-electron chi connectivity index (χ0n) is 9.77. The van der Waals surface area contributed by atoms with E-state index in [0.29, 0.717) is 24.7 Å². The Morgan fingerprint density at radius 2 is 2.28 bits per heavy atom. The summed E-state index contributed by atoms with van der Waals surface area (Å²) in [5, 5.41) is 3.49. The highest BCUT2D eigenvalue weighted by Gasteiger charge is 2.17. The van der Waals surface area contributed by atoms with Gasteiger partial charge in [0.2, 0.25) is 5.91 Å². The van der Waals surface area contributed by atoms with E-state index in [1.54, 1.807) is 0 Å². The zero-order chi connectivity index (χ0) is 12.5. The summed E-state index contributed by atoms with van der Waals surface area (Å²) in [7, 11) is 0. The van der Waals surface area contributed by atoms with Crippen LogP contribution in [0.4, 0.5) is 0 Å². The third-order valence-corrected chi connectivity index (χ3v) is 3.19. The van der Waals surface area contributed by atoms with Crippen LogP contribution in [0.5, 0.6) is 0 Å². The van der Waals surface area contributed by atoms with Gasteiger partial charge in [0.1, 0.15) is 5.65 Å². The van der Waals surface area contributed by atoms with Gasteiger partial charge in [0, 0.05) is 32.0 Å². The Morgan fingerprint density at radius 3 is 3.11 bits per heavy atom. The predicted octanol–water partition coefficient (Wildman–Crippen LogP) is 0.919. The first-order chi connectivity index (χ1) is 8.70. The molecule has 0 bridgehead atoms. The number of carbonyl (C=O) groups excluding carboxylic acids is 1. The van der Waals surface area contributed by atoms with Crippen LogP contribution in [-0.4, -0.2) is 39.8 Å². The number of carbonyl (C=O) groups is 1. The lowest BCUT2D eigenvalue weighted by Gasteiger charge is -2.25. The maximum atomic E-state index is 11.3. The molecule has 0 aliphatic carbocycles. The Labute approximate surface area is 109 Å². The van der Waals surface area contributed by atoms with Gasteiger partial charge < -0.3 is 9.72 Å². The van der Waals surface area contributed by atoms with E-state index in [1.165, 1.54) is 0 Å². The van der Waals surface area contributed by atoms with Crippen LogP contribution in [0.1, 0.15) is 5.69 Å². The number of halogens is 1. The number of nitrogens with zero attached hydrogens (tertiary/aromatic N) is 3. The third-order valence-electron chi connectivity index (χ3n) is 2.97. The van der Waals surface area contributed by atoms with E-state index < -0.39 is 0 Å². The Balaban J connectivity index is 1.80. The zero-order valence-corrected chi connectivity index (χ0v) is 10.5. The summed E-state index contributed by atoms with van der Waals surface area (Å²) in [6.07, 6.45) is 3.78. The number of piperazine rings is 1. The van der Waals surface area contributed by atoms with E-state index >= 15 is 0 Å². The summed E-state index contributed by atoms with van der Waals surface area (Å²) < 4.78 is 1.90. The molecule has 94 valence electrons. The molecule has 0 radical (unpaired) electrons. The van der Waals surface area contributed by atoms with Crippen molar-refractivity contribution in [3.8, 4) is 0 Å². The summed E-state index contributed by atoms with van der Waals surface area (Å²) in [4.78, 5) is 17.9. The van der Waals surface area contributed by atoms with Gasteiger partial charge in [-0.3, -0.25) is 9.69 Å². The number of pyridine rings is 1. The number of hydrogen-bond donors (Lipinski definition) is 1. The van der Waals surface area contributed by atoms with Crippen molar-refractivity contribution in [1.82, 2.24) is 19.6 Å². The fraction of sp³-hybridized carbons (Fsp3) is 0.333. The molecule has 1 aliphatic rings. The number of aromatic nitrogens is 2. The lowest BCUT2D eigenvalue weighted by Crippen LogP contribution is -2.47. The smallest absolute Gasteiger partial charge is 0.234 e. The lowest BCUT2D eigenvalue weighted by atomic mass is 10.3. The minimum Gasteiger partial charge on any atom is -0.354 e. The third kappa shape index (κ3) is 2.32. The van der Waals surface area contributed by atoms with Crippen molar-refractivity contribution >= 4 is 23.2 Å². The number of hydrogen-bond acceptors (Lipinski definition) is 3. The molecule has 1 fully saturated rings. The predicted molar refractivity (Wildman–Crippen MR) is 68.5 cm³/mol. The van der Waals surface area contributed by atoms with Gasteiger partial charge in [-0.25, -0.2) is 4.98 Å². The molecular formula is C12H13ClN4O. The van der Waals surface area contributed by atoms with Gasteiger partial charge in [-0.05, 0) is 12.1 Å². The van der Waals surface area contributed by atoms with E-state index in [-0.39, 0.29) is 5.91 Å². The topological polar surface area (TPSA) is 49.6 Å². The molecule has 0 unspecified atom stereocenters. The second-order valence-corrected chi connectivity index (χ2v) is 4.84. The molecule has 0 saturated carbocycles. The van der Waals surface area contributed by atoms with Crippen LogP contribution in [0.2, 0.25) is 5.02 Å². The van der Waals surface area contributed by atoms with Gasteiger partial charge in [-0.1, -0.05) is 11.6 Å². The average molecular weight is 265 g/mol. The quantitative estimate of drug-likeness (QED) is 0.878. The monoisotopic (exact) mass is 264 g/mol. The Kier molecular flexibility index (Phi) is 2.93. The molecule has 1 aliphatic heterocycles. The molecule has 0 atom stereocenters.